The van der Waals surface area contributed by atoms with E-state index in [0.717, 1.165) is 16.3 Å². The minimum atomic E-state index is -1.83. The van der Waals surface area contributed by atoms with E-state index >= 15 is 9.59 Å². The van der Waals surface area contributed by atoms with Crippen molar-refractivity contribution in [2.75, 3.05) is 51.3 Å². The number of anilines is 1. The number of likely N-dealkylation sites (tertiary alicyclic amines) is 1. The molecule has 0 radical (unpaired) electrons. The second-order valence-corrected chi connectivity index (χ2v) is 29.9. The Labute approximate surface area is 663 Å². The summed E-state index contributed by atoms with van der Waals surface area (Å²) in [6, 6.07) is 22.3. The molecule has 0 spiro atoms. The molecule has 2 fully saturated rings. The fourth-order valence-electron chi connectivity index (χ4n) is 13.4. The van der Waals surface area contributed by atoms with Crippen LogP contribution in [0.5, 0.6) is 0 Å². The lowest BCUT2D eigenvalue weighted by Gasteiger charge is -2.31. The van der Waals surface area contributed by atoms with Crippen LogP contribution in [0.2, 0.25) is 5.02 Å². The van der Waals surface area contributed by atoms with Gasteiger partial charge in [0.15, 0.2) is 0 Å². The molecule has 606 valence electrons. The number of morpholine rings is 1. The Bertz CT molecular complexity index is 4230. The fraction of sp³-hybridized carbons (Fsp3) is 0.451. The highest BCUT2D eigenvalue weighted by Crippen LogP contribution is 2.23. The van der Waals surface area contributed by atoms with E-state index in [1.807, 2.05) is 82.3 Å². The van der Waals surface area contributed by atoms with E-state index in [2.05, 4.69) is 68.4 Å². The Morgan fingerprint density at radius 3 is 1.55 bits per heavy atom. The molecule has 2 saturated heterocycles. The van der Waals surface area contributed by atoms with Crippen molar-refractivity contribution in [3.8, 4) is 0 Å². The molecule has 6 aromatic rings. The van der Waals surface area contributed by atoms with Crippen molar-refractivity contribution < 1.29 is 67.4 Å². The Balaban J connectivity index is 1.08. The number of ether oxygens (including phenoxy) is 1. The molecular weight excluding hydrogens is 1470 g/mol. The summed E-state index contributed by atoms with van der Waals surface area (Å²) < 4.78 is 5.56. The number of fused-ring (bicyclic) bond motifs is 1. The summed E-state index contributed by atoms with van der Waals surface area (Å²) in [5.41, 5.74) is 14.8. The molecule has 10 atom stereocenters. The summed E-state index contributed by atoms with van der Waals surface area (Å²) in [5, 5.41) is 44.0. The summed E-state index contributed by atoms with van der Waals surface area (Å²) >= 11 is 6.28. The number of nitrogens with zero attached hydrogens (tertiary/aromatic N) is 3. The van der Waals surface area contributed by atoms with E-state index < -0.39 is 138 Å². The third kappa shape index (κ3) is 28.4. The highest BCUT2D eigenvalue weighted by molar-refractivity contribution is 6.30. The van der Waals surface area contributed by atoms with Crippen molar-refractivity contribution in [1.29, 1.82) is 0 Å². The van der Waals surface area contributed by atoms with E-state index in [-0.39, 0.29) is 69.9 Å². The molecule has 0 aliphatic carbocycles. The first kappa shape index (κ1) is 87.7. The van der Waals surface area contributed by atoms with Crippen LogP contribution in [0.3, 0.4) is 0 Å². The van der Waals surface area contributed by atoms with Gasteiger partial charge in [-0.1, -0.05) is 136 Å². The summed E-state index contributed by atoms with van der Waals surface area (Å²) in [5.74, 6) is -8.86. The first-order valence-corrected chi connectivity index (χ1v) is 38.7. The number of halogens is 1. The van der Waals surface area contributed by atoms with Crippen molar-refractivity contribution in [2.24, 2.45) is 17.4 Å². The largest absolute Gasteiger partial charge is 0.394 e. The summed E-state index contributed by atoms with van der Waals surface area (Å²) in [6.45, 7) is 13.2. The summed E-state index contributed by atoms with van der Waals surface area (Å²) in [4.78, 5) is 178. The second kappa shape index (κ2) is 43.8. The lowest BCUT2D eigenvalue weighted by atomic mass is 9.99. The molecule has 113 heavy (non-hydrogen) atoms. The predicted molar refractivity (Wildman–Crippen MR) is 427 cm³/mol. The Morgan fingerprint density at radius 2 is 1.02 bits per heavy atom. The van der Waals surface area contributed by atoms with Crippen LogP contribution in [-0.2, 0) is 96.1 Å². The number of primary amides is 2. The molecule has 1 aromatic heterocycles. The van der Waals surface area contributed by atoms with Gasteiger partial charge in [-0.05, 0) is 132 Å². The van der Waals surface area contributed by atoms with Crippen molar-refractivity contribution in [2.45, 2.75) is 185 Å². The molecule has 2 aliphatic heterocycles. The van der Waals surface area contributed by atoms with Gasteiger partial charge in [-0.3, -0.25) is 62.6 Å². The number of unbranched alkanes of at least 4 members (excludes halogenated alkanes) is 1. The number of carbonyl (C=O) groups excluding carboxylic acids is 12. The van der Waals surface area contributed by atoms with Gasteiger partial charge in [-0.2, -0.15) is 0 Å². The molecule has 8 rings (SSSR count). The van der Waals surface area contributed by atoms with Crippen LogP contribution in [0.4, 0.5) is 10.5 Å². The van der Waals surface area contributed by atoms with E-state index in [4.69, 9.17) is 27.8 Å². The van der Waals surface area contributed by atoms with Gasteiger partial charge in [0, 0.05) is 94.4 Å². The highest BCUT2D eigenvalue weighted by atomic mass is 35.5. The number of urea groups is 1. The minimum Gasteiger partial charge on any atom is -0.394 e. The second-order valence-electron chi connectivity index (χ2n) is 29.5. The molecule has 3 heterocycles. The maximum absolute atomic E-state index is 15.5. The van der Waals surface area contributed by atoms with Crippen LogP contribution in [0.25, 0.3) is 10.8 Å². The number of nitrogens with two attached hydrogens (primary N) is 2. The zero-order chi connectivity index (χ0) is 81.7. The van der Waals surface area contributed by atoms with Gasteiger partial charge in [0.05, 0.1) is 19.8 Å². The number of hydrogen-bond acceptors (Lipinski definition) is 17. The molecule has 13 amide bonds. The third-order valence-electron chi connectivity index (χ3n) is 19.5. The van der Waals surface area contributed by atoms with Crippen LogP contribution in [0.15, 0.2) is 140 Å². The number of carbonyl (C=O) groups is 12. The number of aliphatic hydroxyl groups is 1. The molecular formula is C82H107ClN16O14. The number of amides is 13. The van der Waals surface area contributed by atoms with Crippen molar-refractivity contribution in [3.63, 3.8) is 0 Å². The minimum absolute atomic E-state index is 0.0280. The van der Waals surface area contributed by atoms with Gasteiger partial charge >= 0.3 is 6.03 Å². The van der Waals surface area contributed by atoms with Crippen molar-refractivity contribution in [3.05, 3.63) is 178 Å². The third-order valence-corrected chi connectivity index (χ3v) is 19.7. The maximum Gasteiger partial charge on any atom is 0.316 e. The number of pyridine rings is 1. The number of nitrogens with one attached hydrogen (secondary N) is 11. The normalized spacial score (nSPS) is 16.0. The molecule has 5 aromatic carbocycles. The quantitative estimate of drug-likeness (QED) is 0.0245. The Kier molecular flexibility index (Phi) is 34.0. The van der Waals surface area contributed by atoms with Gasteiger partial charge in [-0.25, -0.2) is 4.79 Å². The smallest absolute Gasteiger partial charge is 0.316 e. The Hall–Kier alpha value is -10.9. The van der Waals surface area contributed by atoms with E-state index in [9.17, 15) is 53.1 Å². The monoisotopic (exact) mass is 1570 g/mol. The number of rotatable bonds is 41. The van der Waals surface area contributed by atoms with Crippen LogP contribution < -0.4 is 70.0 Å². The number of benzene rings is 5. The topological polar surface area (TPSA) is 438 Å². The van der Waals surface area contributed by atoms with Crippen LogP contribution in [0, 0.1) is 5.92 Å². The van der Waals surface area contributed by atoms with Crippen LogP contribution in [0.1, 0.15) is 113 Å². The first-order valence-electron chi connectivity index (χ1n) is 38.4. The maximum atomic E-state index is 15.5. The molecule has 0 bridgehead atoms. The highest BCUT2D eigenvalue weighted by Gasteiger charge is 2.41. The fourth-order valence-corrected chi connectivity index (χ4v) is 13.6. The zero-order valence-corrected chi connectivity index (χ0v) is 65.5. The summed E-state index contributed by atoms with van der Waals surface area (Å²) in [6.07, 6.45) is 4.12. The van der Waals surface area contributed by atoms with Gasteiger partial charge < -0.3 is 84.7 Å². The standard InChI is InChI=1S/C82H107ClN16O14/c1-49(2)39-64(73(103)91-63(16-9-10-33-87-50(3)4)81(111)99-34-12-17-71(99)80(110)88-51(5)72(84)102)92-75(105)67(43-55-25-30-62(31-26-55)90-82(85)112)94-77(107)68(41-53-18-20-56(21-19-53)47-98-35-37-113-38-36-98)96-79(109)70(48-100)97-78(108)69(45-58-13-11-32-86-46-58)95-76(106)66(42-54-23-28-61(83)29-24-54)93-74(104)65(89-52(6)101)44-57-22-27-59-14-7-8-15-60(59)40-57/h7-8,11,13-15,18-32,40,46,49-51,63-71,87,100H,9-10,12,16-17,33-39,41-45,47-48H2,1-6H3,(H2,84,102)(H,88,110)(H,89,101)(H,91,103)(H,92,105)(H,93,104)(H,94,107)(H,95,106)(H,96,109)(H,97,108)(H3,85,90,112)/t51-,63+,64+,65-,66-,67-,68+,69-,70+,71+/m1/s1. The lowest BCUT2D eigenvalue weighted by Crippen LogP contribution is -2.62. The summed E-state index contributed by atoms with van der Waals surface area (Å²) in [7, 11) is 0. The molecule has 2 aliphatic rings. The average molecular weight is 1580 g/mol. The van der Waals surface area contributed by atoms with Gasteiger partial charge in [0.2, 0.25) is 65.0 Å². The SMILES string of the molecule is CC(=O)N[C@H](Cc1ccc2ccccc2c1)C(=O)N[C@H](Cc1ccc(Cl)cc1)C(=O)N[C@H](Cc1cccnc1)C(=O)N[C@@H](CO)C(=O)N[C@@H](Cc1ccc(CN2CCOCC2)cc1)C(=O)N[C@H](Cc1ccc(NC(N)=O)cc1)C(=O)N[C@@H](CC(C)C)C(=O)N[C@@H](CCCCNC(C)C)C(=O)N1CCC[C@H]1C(=O)N[C@H](C)C(N)=O. The number of aliphatic hydroxyl groups excluding tert-OH is 1. The predicted octanol–water partition coefficient (Wildman–Crippen LogP) is 2.81. The number of aromatic nitrogens is 1. The molecule has 31 heteroatoms. The van der Waals surface area contributed by atoms with E-state index in [0.29, 0.717) is 97.2 Å². The van der Waals surface area contributed by atoms with Crippen LogP contribution in [-0.4, -0.2) is 203 Å². The van der Waals surface area contributed by atoms with Crippen molar-refractivity contribution in [1.82, 2.24) is 68.0 Å². The van der Waals surface area contributed by atoms with Gasteiger partial charge in [0.1, 0.15) is 60.4 Å². The molecule has 16 N–H and O–H groups in total. The molecule has 30 nitrogen and oxygen atoms in total. The van der Waals surface area contributed by atoms with E-state index in [1.165, 1.54) is 43.3 Å². The van der Waals surface area contributed by atoms with Gasteiger partial charge in [-0.15, -0.1) is 0 Å². The van der Waals surface area contributed by atoms with E-state index in [1.54, 1.807) is 60.7 Å². The molecule has 0 unspecified atom stereocenters. The number of hydrogen-bond donors (Lipinski definition) is 14. The van der Waals surface area contributed by atoms with Crippen molar-refractivity contribution >= 4 is 99.1 Å². The Morgan fingerprint density at radius 1 is 0.531 bits per heavy atom. The first-order chi connectivity index (χ1) is 54.1. The van der Waals surface area contributed by atoms with Crippen LogP contribution >= 0.6 is 11.6 Å². The van der Waals surface area contributed by atoms with Gasteiger partial charge in [0.25, 0.3) is 0 Å². The lowest BCUT2D eigenvalue weighted by molar-refractivity contribution is -0.142. The molecule has 0 saturated carbocycles. The average Bonchev–Trinajstić information content (AvgIpc) is 1.81. The zero-order valence-electron chi connectivity index (χ0n) is 64.8.